The van der Waals surface area contributed by atoms with Crippen molar-refractivity contribution < 1.29 is 30.9 Å². The first-order valence-corrected chi connectivity index (χ1v) is 5.75. The van der Waals surface area contributed by atoms with E-state index in [1.165, 1.54) is 6.92 Å². The summed E-state index contributed by atoms with van der Waals surface area (Å²) in [4.78, 5) is -1.26. The summed E-state index contributed by atoms with van der Waals surface area (Å²) >= 11 is 0. The Bertz CT molecular complexity index is 534. The van der Waals surface area contributed by atoms with Crippen LogP contribution in [0, 0.1) is 6.92 Å². The summed E-state index contributed by atoms with van der Waals surface area (Å²) in [5.41, 5.74) is -1.28. The number of methoxy groups -OCH3 is 1. The van der Waals surface area contributed by atoms with Crippen LogP contribution in [-0.4, -0.2) is 20.1 Å². The lowest BCUT2D eigenvalue weighted by atomic mass is 10.1. The minimum Gasteiger partial charge on any atom is -0.495 e. The first-order valence-electron chi connectivity index (χ1n) is 4.31. The molecule has 0 aliphatic carbocycles. The molecular formula is C9H9F3O4S. The highest BCUT2D eigenvalue weighted by Crippen LogP contribution is 2.40. The summed E-state index contributed by atoms with van der Waals surface area (Å²) in [5, 5.41) is 0. The quantitative estimate of drug-likeness (QED) is 0.837. The molecule has 0 bridgehead atoms. The van der Waals surface area contributed by atoms with E-state index in [1.807, 2.05) is 0 Å². The molecule has 0 atom stereocenters. The second kappa shape index (κ2) is 4.19. The molecule has 0 spiro atoms. The SMILES string of the molecule is COc1c(C)ccc(C(F)(F)F)c1S(=O)(=O)O. The third kappa shape index (κ3) is 2.70. The molecule has 0 unspecified atom stereocenters. The topological polar surface area (TPSA) is 63.6 Å². The molecule has 0 amide bonds. The molecule has 1 N–H and O–H groups in total. The van der Waals surface area contributed by atoms with Crippen LogP contribution in [0.25, 0.3) is 0 Å². The van der Waals surface area contributed by atoms with Gasteiger partial charge >= 0.3 is 6.18 Å². The zero-order chi connectivity index (χ0) is 13.4. The lowest BCUT2D eigenvalue weighted by Crippen LogP contribution is -2.14. The molecule has 4 nitrogen and oxygen atoms in total. The van der Waals surface area contributed by atoms with Gasteiger partial charge in [-0.05, 0) is 18.6 Å². The Hall–Kier alpha value is -1.28. The number of halogens is 3. The molecule has 0 heterocycles. The molecule has 0 radical (unpaired) electrons. The van der Waals surface area contributed by atoms with Gasteiger partial charge in [0.2, 0.25) is 0 Å². The highest BCUT2D eigenvalue weighted by molar-refractivity contribution is 7.86. The monoisotopic (exact) mass is 270 g/mol. The lowest BCUT2D eigenvalue weighted by molar-refractivity contribution is -0.140. The van der Waals surface area contributed by atoms with E-state index in [2.05, 4.69) is 4.74 Å². The summed E-state index contributed by atoms with van der Waals surface area (Å²) in [6.45, 7) is 1.37. The second-order valence-electron chi connectivity index (χ2n) is 3.27. The van der Waals surface area contributed by atoms with Gasteiger partial charge < -0.3 is 4.74 Å². The maximum Gasteiger partial charge on any atom is 0.417 e. The first-order chi connectivity index (χ1) is 7.59. The Labute approximate surface area is 95.8 Å². The Kier molecular flexibility index (Phi) is 3.40. The Morgan fingerprint density at radius 1 is 1.29 bits per heavy atom. The van der Waals surface area contributed by atoms with Gasteiger partial charge in [-0.25, -0.2) is 0 Å². The normalized spacial score (nSPS) is 12.6. The maximum atomic E-state index is 12.6. The fraction of sp³-hybridized carbons (Fsp3) is 0.333. The van der Waals surface area contributed by atoms with E-state index in [1.54, 1.807) is 0 Å². The van der Waals surface area contributed by atoms with E-state index in [9.17, 15) is 21.6 Å². The van der Waals surface area contributed by atoms with Crippen LogP contribution in [-0.2, 0) is 16.3 Å². The standard InChI is InChI=1S/C9H9F3O4S/c1-5-3-4-6(9(10,11)12)8(7(5)16-2)17(13,14)15/h3-4H,1-2H3,(H,13,14,15). The van der Waals surface area contributed by atoms with Crippen molar-refractivity contribution in [2.75, 3.05) is 7.11 Å². The molecule has 1 aromatic rings. The Morgan fingerprint density at radius 3 is 2.18 bits per heavy atom. The number of hydrogen-bond acceptors (Lipinski definition) is 3. The van der Waals surface area contributed by atoms with Crippen LogP contribution in [0.2, 0.25) is 0 Å². The van der Waals surface area contributed by atoms with Crippen LogP contribution >= 0.6 is 0 Å². The number of benzene rings is 1. The molecule has 0 saturated heterocycles. The molecular weight excluding hydrogens is 261 g/mol. The van der Waals surface area contributed by atoms with E-state index < -0.39 is 32.5 Å². The maximum absolute atomic E-state index is 12.6. The second-order valence-corrected chi connectivity index (χ2v) is 4.62. The summed E-state index contributed by atoms with van der Waals surface area (Å²) in [7, 11) is -4.00. The number of alkyl halides is 3. The van der Waals surface area contributed by atoms with Crippen LogP contribution in [0.15, 0.2) is 17.0 Å². The molecule has 8 heteroatoms. The molecule has 0 aliphatic rings. The average Bonchev–Trinajstić information content (AvgIpc) is 2.13. The van der Waals surface area contributed by atoms with Crippen molar-refractivity contribution in [2.24, 2.45) is 0 Å². The molecule has 1 aromatic carbocycles. The Morgan fingerprint density at radius 2 is 1.82 bits per heavy atom. The zero-order valence-corrected chi connectivity index (χ0v) is 9.69. The van der Waals surface area contributed by atoms with Crippen molar-refractivity contribution in [2.45, 2.75) is 18.0 Å². The zero-order valence-electron chi connectivity index (χ0n) is 8.87. The van der Waals surface area contributed by atoms with Gasteiger partial charge in [0.1, 0.15) is 10.6 Å². The fourth-order valence-corrected chi connectivity index (χ4v) is 2.33. The van der Waals surface area contributed by atoms with E-state index in [4.69, 9.17) is 4.55 Å². The van der Waals surface area contributed by atoms with Crippen LogP contribution in [0.1, 0.15) is 11.1 Å². The van der Waals surface area contributed by atoms with Gasteiger partial charge in [-0.2, -0.15) is 21.6 Å². The van der Waals surface area contributed by atoms with Gasteiger partial charge in [0.25, 0.3) is 10.1 Å². The van der Waals surface area contributed by atoms with E-state index in [-0.39, 0.29) is 5.56 Å². The summed E-state index contributed by atoms with van der Waals surface area (Å²) in [5.74, 6) is -0.512. The fourth-order valence-electron chi connectivity index (χ4n) is 1.39. The number of ether oxygens (including phenoxy) is 1. The Balaban J connectivity index is 3.77. The molecule has 96 valence electrons. The van der Waals surface area contributed by atoms with Crippen molar-refractivity contribution in [1.29, 1.82) is 0 Å². The molecule has 0 saturated carbocycles. The van der Waals surface area contributed by atoms with Crippen LogP contribution in [0.5, 0.6) is 5.75 Å². The predicted molar refractivity (Wildman–Crippen MR) is 52.5 cm³/mol. The van der Waals surface area contributed by atoms with Gasteiger partial charge in [-0.1, -0.05) is 6.07 Å². The van der Waals surface area contributed by atoms with Crippen molar-refractivity contribution in [3.63, 3.8) is 0 Å². The third-order valence-corrected chi connectivity index (χ3v) is 3.00. The lowest BCUT2D eigenvalue weighted by Gasteiger charge is -2.15. The van der Waals surface area contributed by atoms with Gasteiger partial charge in [-0.15, -0.1) is 0 Å². The van der Waals surface area contributed by atoms with Crippen molar-refractivity contribution in [3.8, 4) is 5.75 Å². The van der Waals surface area contributed by atoms with Crippen molar-refractivity contribution in [3.05, 3.63) is 23.3 Å². The average molecular weight is 270 g/mol. The molecule has 17 heavy (non-hydrogen) atoms. The number of hydrogen-bond donors (Lipinski definition) is 1. The van der Waals surface area contributed by atoms with E-state index in [0.717, 1.165) is 13.2 Å². The van der Waals surface area contributed by atoms with E-state index >= 15 is 0 Å². The first kappa shape index (κ1) is 13.8. The van der Waals surface area contributed by atoms with Crippen molar-refractivity contribution >= 4 is 10.1 Å². The van der Waals surface area contributed by atoms with Gasteiger partial charge in [0, 0.05) is 0 Å². The highest BCUT2D eigenvalue weighted by atomic mass is 32.2. The van der Waals surface area contributed by atoms with Crippen LogP contribution in [0.3, 0.4) is 0 Å². The molecule has 0 fully saturated rings. The van der Waals surface area contributed by atoms with Crippen molar-refractivity contribution in [1.82, 2.24) is 0 Å². The predicted octanol–water partition coefficient (Wildman–Crippen LogP) is 2.27. The van der Waals surface area contributed by atoms with Gasteiger partial charge in [0.05, 0.1) is 12.7 Å². The highest BCUT2D eigenvalue weighted by Gasteiger charge is 2.39. The van der Waals surface area contributed by atoms with Gasteiger partial charge in [-0.3, -0.25) is 4.55 Å². The van der Waals surface area contributed by atoms with Gasteiger partial charge in [0.15, 0.2) is 0 Å². The largest absolute Gasteiger partial charge is 0.495 e. The summed E-state index contributed by atoms with van der Waals surface area (Å²) in [6.07, 6.45) is -4.90. The summed E-state index contributed by atoms with van der Waals surface area (Å²) in [6, 6.07) is 1.65. The molecule has 0 aliphatic heterocycles. The van der Waals surface area contributed by atoms with Crippen LogP contribution < -0.4 is 4.74 Å². The third-order valence-electron chi connectivity index (χ3n) is 2.08. The summed E-state index contributed by atoms with van der Waals surface area (Å²) < 4.78 is 73.3. The molecule has 1 rings (SSSR count). The molecule has 0 aromatic heterocycles. The minimum absolute atomic E-state index is 0.174. The number of aryl methyl sites for hydroxylation is 1. The minimum atomic E-state index is -5.03. The number of rotatable bonds is 2. The van der Waals surface area contributed by atoms with Crippen LogP contribution in [0.4, 0.5) is 13.2 Å². The smallest absolute Gasteiger partial charge is 0.417 e. The van der Waals surface area contributed by atoms with E-state index in [0.29, 0.717) is 6.07 Å².